The Morgan fingerprint density at radius 2 is 1.73 bits per heavy atom. The van der Waals surface area contributed by atoms with Gasteiger partial charge in [0, 0.05) is 118 Å². The summed E-state index contributed by atoms with van der Waals surface area (Å²) in [5.74, 6) is -0.622. The number of aliphatic hydroxyl groups excluding tert-OH is 2. The minimum absolute atomic E-state index is 0.177. The van der Waals surface area contributed by atoms with Crippen LogP contribution in [0.5, 0.6) is 5.75 Å². The van der Waals surface area contributed by atoms with Crippen LogP contribution in [-0.4, -0.2) is 198 Å². The van der Waals surface area contributed by atoms with Gasteiger partial charge in [-0.3, -0.25) is 19.4 Å². The van der Waals surface area contributed by atoms with Gasteiger partial charge in [-0.2, -0.15) is 0 Å². The highest BCUT2D eigenvalue weighted by Gasteiger charge is 2.78. The van der Waals surface area contributed by atoms with E-state index < -0.39 is 62.5 Å². The van der Waals surface area contributed by atoms with Crippen LogP contribution in [0, 0.1) is 5.41 Å². The van der Waals surface area contributed by atoms with E-state index in [2.05, 4.69) is 97.5 Å². The average molecular weight is 1210 g/mol. The smallest absolute Gasteiger partial charge is 0.322 e. The summed E-state index contributed by atoms with van der Waals surface area (Å²) < 4.78 is 36.0. The highest BCUT2D eigenvalue weighted by atomic mass is 32.2. The first-order valence-corrected chi connectivity index (χ1v) is 37.1. The number of amides is 1. The Hall–Kier alpha value is -4.93. The van der Waals surface area contributed by atoms with Crippen LogP contribution in [0.1, 0.15) is 80.3 Å². The Balaban J connectivity index is 0.935. The topological polar surface area (TPSA) is 262 Å². The number of esters is 1. The number of carbonyl (C=O) groups is 2. The van der Waals surface area contributed by atoms with Gasteiger partial charge in [0.25, 0.3) is 5.91 Å². The van der Waals surface area contributed by atoms with Crippen molar-refractivity contribution in [3.05, 3.63) is 99.3 Å². The molecule has 24 heteroatoms. The maximum absolute atomic E-state index is 15.4. The number of rotatable bonds is 28. The molecule has 4 aromatic rings. The Labute approximate surface area is 500 Å². The van der Waals surface area contributed by atoms with Gasteiger partial charge in [0.1, 0.15) is 17.3 Å². The normalized spacial score (nSPS) is 26.6. The van der Waals surface area contributed by atoms with Crippen LogP contribution >= 0.6 is 11.8 Å². The Morgan fingerprint density at radius 1 is 0.988 bits per heavy atom. The Kier molecular flexibility index (Phi) is 20.1. The lowest BCUT2D eigenvalue weighted by Crippen LogP contribution is -2.81. The fraction of sp³-hybridized carbons (Fsp3) is 0.633. The molecule has 2 aromatic heterocycles. The quantitative estimate of drug-likeness (QED) is 0.00436. The largest absolute Gasteiger partial charge is 0.496 e. The number of hydrogen-bond acceptors (Lipinski definition) is 18. The van der Waals surface area contributed by atoms with Crippen molar-refractivity contribution in [2.45, 2.75) is 143 Å². The first kappa shape index (κ1) is 63.6. The van der Waals surface area contributed by atoms with Crippen LogP contribution < -0.4 is 15.0 Å². The highest BCUT2D eigenvalue weighted by molar-refractivity contribution is 8.00. The number of aromatic amines is 1. The summed E-state index contributed by atoms with van der Waals surface area (Å²) in [6.45, 7) is 17.7. The molecule has 21 nitrogen and oxygen atoms in total. The number of fused-ring (bicyclic) bond motifs is 4. The number of aromatic nitrogens is 3. The number of aliphatic hydroxyl groups is 3. The van der Waals surface area contributed by atoms with Crippen molar-refractivity contribution in [1.29, 1.82) is 0 Å². The van der Waals surface area contributed by atoms with Gasteiger partial charge in [0.2, 0.25) is 0 Å². The first-order valence-electron chi connectivity index (χ1n) is 29.8. The van der Waals surface area contributed by atoms with E-state index in [1.807, 2.05) is 43.1 Å². The van der Waals surface area contributed by atoms with Crippen molar-refractivity contribution < 1.29 is 52.7 Å². The van der Waals surface area contributed by atoms with Crippen LogP contribution in [0.25, 0.3) is 21.3 Å². The summed E-state index contributed by atoms with van der Waals surface area (Å²) in [5.41, 5.74) is 8.35. The summed E-state index contributed by atoms with van der Waals surface area (Å²) in [5, 5.41) is 46.9. The van der Waals surface area contributed by atoms with E-state index in [1.54, 1.807) is 31.3 Å². The predicted molar refractivity (Wildman–Crippen MR) is 328 cm³/mol. The maximum atomic E-state index is 15.4. The molecule has 1 saturated carbocycles. The number of benzene rings is 2. The molecule has 1 saturated heterocycles. The second kappa shape index (κ2) is 26.6. The van der Waals surface area contributed by atoms with E-state index in [0.717, 1.165) is 63.2 Å². The zero-order valence-corrected chi connectivity index (χ0v) is 53.3. The zero-order valence-electron chi connectivity index (χ0n) is 50.5. The van der Waals surface area contributed by atoms with Gasteiger partial charge >= 0.3 is 5.97 Å². The molecule has 458 valence electrons. The van der Waals surface area contributed by atoms with E-state index in [-0.39, 0.29) is 31.8 Å². The number of anilines is 1. The monoisotopic (exact) mass is 1210 g/mol. The molecule has 4 aliphatic heterocycles. The number of nitrogens with one attached hydrogen (secondary N) is 2. The molecule has 2 aromatic carbocycles. The summed E-state index contributed by atoms with van der Waals surface area (Å²) in [6.07, 6.45) is 10.3. The molecule has 1 aliphatic carbocycles. The lowest BCUT2D eigenvalue weighted by atomic mass is 9.47. The molecular weight excluding hydrogens is 1120 g/mol. The van der Waals surface area contributed by atoms with Gasteiger partial charge in [-0.25, -0.2) is 9.97 Å². The number of nitrogens with zero attached hydrogens (tertiary/aromatic N) is 8. The number of carbonyl (C=O) groups excluding carboxylic acids is 2. The van der Waals surface area contributed by atoms with Crippen LogP contribution in [0.15, 0.2) is 71.2 Å². The van der Waals surface area contributed by atoms with Crippen molar-refractivity contribution in [2.75, 3.05) is 104 Å². The second-order valence-corrected chi connectivity index (χ2v) is 34.7. The van der Waals surface area contributed by atoms with Gasteiger partial charge in [-0.15, -0.1) is 0 Å². The molecule has 5 N–H and O–H groups in total. The molecule has 1 spiro atoms. The average Bonchev–Trinajstić information content (AvgIpc) is 1.47. The van der Waals surface area contributed by atoms with Crippen molar-refractivity contribution in [2.24, 2.45) is 10.5 Å². The van der Waals surface area contributed by atoms with Gasteiger partial charge < -0.3 is 58.3 Å². The number of ether oxygens (including phenoxy) is 5. The SMILES string of the molecule is CCC[C@H]1C[C@](C(=O)OC)(c2cc3c(cc2OC)N(C)[C@H]2[C@@](O)(C(=O)NCCC[Si](C)(C)O[Si](C)(C)CSc4ncc(COCCOCCOCCN=[N+]=[N-])cn4)[C@H](O)[C@]4(CC)C=CCN5CC[C@]32[C@@H]54)c2[nH]c3ccccc3c2CCN1CO. The molecule has 2 fully saturated rings. The number of azide groups is 1. The summed E-state index contributed by atoms with van der Waals surface area (Å²) >= 11 is 1.58. The minimum atomic E-state index is -2.30. The third-order valence-corrected chi connectivity index (χ3v) is 28.3. The fourth-order valence-corrected chi connectivity index (χ4v) is 25.5. The Morgan fingerprint density at radius 3 is 2.43 bits per heavy atom. The molecule has 84 heavy (non-hydrogen) atoms. The summed E-state index contributed by atoms with van der Waals surface area (Å²) in [6, 6.07) is 11.5. The number of hydrogen-bond donors (Lipinski definition) is 5. The van der Waals surface area contributed by atoms with Crippen molar-refractivity contribution in [3.63, 3.8) is 0 Å². The summed E-state index contributed by atoms with van der Waals surface area (Å²) in [7, 11) is 0.437. The molecular formula is C60H88N10O11SSi2. The predicted octanol–water partition coefficient (Wildman–Crippen LogP) is 7.12. The molecule has 6 heterocycles. The number of thioether (sulfide) groups is 1. The molecule has 5 aliphatic rings. The standard InChI is InChI=1S/C60H88N10O11SSi2/c1-10-16-42-35-59(55(74)77-5,50-44(19-25-70(42)39-71)43-17-12-13-18-47(43)66-50)46-33-45-48(34-49(46)76-4)68(3)52-58(45)21-26-69-24-14-20-57(11-2,51(58)69)53(72)60(52,75)54(73)62-22-15-32-83(6,7)81-84(8,9)40-82-56-63-36-41(37-64-56)38-80-31-30-79-29-28-78-27-23-65-67-61/h12-14,17-18,20,33-34,36-37,42,51-53,66,71-72,75H,10-11,15-16,19,21-32,35,38-40H2,1-9H3,(H,62,73)/t42-,51-,52+,53+,57+,58+,59-,60-/m0/s1. The molecule has 0 unspecified atom stereocenters. The number of methoxy groups -OCH3 is 2. The van der Waals surface area contributed by atoms with Gasteiger partial charge in [-0.05, 0) is 106 Å². The Bertz CT molecular complexity index is 3040. The van der Waals surface area contributed by atoms with E-state index in [9.17, 15) is 15.3 Å². The third-order valence-electron chi connectivity index (χ3n) is 18.5. The fourth-order valence-electron chi connectivity index (χ4n) is 15.2. The third kappa shape index (κ3) is 11.8. The van der Waals surface area contributed by atoms with E-state index in [1.165, 1.54) is 7.11 Å². The van der Waals surface area contributed by atoms with Gasteiger partial charge in [0.15, 0.2) is 27.4 Å². The number of para-hydroxylation sites is 1. The molecule has 0 radical (unpaired) electrons. The van der Waals surface area contributed by atoms with Crippen LogP contribution in [0.2, 0.25) is 32.2 Å². The lowest BCUT2D eigenvalue weighted by Gasteiger charge is -2.63. The van der Waals surface area contributed by atoms with Gasteiger partial charge in [0.05, 0.1) is 66.6 Å². The van der Waals surface area contributed by atoms with Crippen molar-refractivity contribution >= 4 is 56.9 Å². The second-order valence-electron chi connectivity index (χ2n) is 24.5. The highest BCUT2D eigenvalue weighted by Crippen LogP contribution is 2.67. The zero-order chi connectivity index (χ0) is 60.1. The molecule has 0 bridgehead atoms. The number of H-pyrrole nitrogens is 1. The molecule has 8 atom stereocenters. The maximum Gasteiger partial charge on any atom is 0.322 e. The van der Waals surface area contributed by atoms with E-state index in [0.29, 0.717) is 108 Å². The van der Waals surface area contributed by atoms with E-state index >= 15 is 9.59 Å². The van der Waals surface area contributed by atoms with Crippen LogP contribution in [0.3, 0.4) is 0 Å². The van der Waals surface area contributed by atoms with Crippen LogP contribution in [-0.2, 0) is 56.5 Å². The lowest BCUT2D eigenvalue weighted by molar-refractivity contribution is -0.203. The van der Waals surface area contributed by atoms with Crippen LogP contribution in [0.4, 0.5) is 5.69 Å². The number of likely N-dealkylation sites (N-methyl/N-ethyl adjacent to an activating group) is 1. The van der Waals surface area contributed by atoms with Crippen molar-refractivity contribution in [1.82, 2.24) is 30.1 Å². The molecule has 1 amide bonds. The summed E-state index contributed by atoms with van der Waals surface area (Å²) in [4.78, 5) is 53.0. The van der Waals surface area contributed by atoms with Gasteiger partial charge in [-0.1, -0.05) is 67.5 Å². The van der Waals surface area contributed by atoms with E-state index in [4.69, 9.17) is 33.3 Å². The first-order chi connectivity index (χ1) is 40.4. The minimum Gasteiger partial charge on any atom is -0.496 e. The van der Waals surface area contributed by atoms with Crippen molar-refractivity contribution in [3.8, 4) is 5.75 Å². The molecule has 9 rings (SSSR count).